The summed E-state index contributed by atoms with van der Waals surface area (Å²) in [6.45, 7) is 3.74. The van der Waals surface area contributed by atoms with E-state index >= 15 is 0 Å². The molecule has 0 spiro atoms. The average molecular weight is 271 g/mol. The molecule has 1 rings (SSSR count). The van der Waals surface area contributed by atoms with Gasteiger partial charge in [-0.2, -0.15) is 0 Å². The number of nitrogens with one attached hydrogen (secondary N) is 1. The lowest BCUT2D eigenvalue weighted by molar-refractivity contribution is -0.141. The second-order valence-electron chi connectivity index (χ2n) is 4.82. The molecule has 2 atom stereocenters. The standard InChI is InChI=1S/C12H21N3O4/c1-7(2)15-11(17)5-9(12(15)18)14-10(16)4-8(6-13)19-3/h7-9H,4-6,13H2,1-3H3,(H,14,16). The number of methoxy groups -OCH3 is 1. The fourth-order valence-corrected chi connectivity index (χ4v) is 2.03. The number of amides is 3. The van der Waals surface area contributed by atoms with Crippen LogP contribution >= 0.6 is 0 Å². The molecule has 1 heterocycles. The van der Waals surface area contributed by atoms with Crippen LogP contribution in [0, 0.1) is 0 Å². The third-order valence-electron chi connectivity index (χ3n) is 3.04. The van der Waals surface area contributed by atoms with E-state index in [0.29, 0.717) is 0 Å². The summed E-state index contributed by atoms with van der Waals surface area (Å²) >= 11 is 0. The summed E-state index contributed by atoms with van der Waals surface area (Å²) in [7, 11) is 1.47. The molecule has 7 heteroatoms. The van der Waals surface area contributed by atoms with E-state index < -0.39 is 6.04 Å². The summed E-state index contributed by atoms with van der Waals surface area (Å²) in [5.74, 6) is -0.948. The van der Waals surface area contributed by atoms with Crippen LogP contribution in [0.2, 0.25) is 0 Å². The van der Waals surface area contributed by atoms with Gasteiger partial charge in [0.25, 0.3) is 5.91 Å². The number of hydrogen-bond acceptors (Lipinski definition) is 5. The highest BCUT2D eigenvalue weighted by atomic mass is 16.5. The molecule has 0 aromatic heterocycles. The number of likely N-dealkylation sites (tertiary alicyclic amines) is 1. The molecule has 0 aliphatic carbocycles. The second-order valence-corrected chi connectivity index (χ2v) is 4.82. The molecule has 1 aliphatic heterocycles. The third kappa shape index (κ3) is 3.74. The molecule has 2 unspecified atom stereocenters. The van der Waals surface area contributed by atoms with Crippen LogP contribution in [0.4, 0.5) is 0 Å². The van der Waals surface area contributed by atoms with Crippen LogP contribution in [-0.2, 0) is 19.1 Å². The number of nitrogens with two attached hydrogens (primary N) is 1. The number of hydrogen-bond donors (Lipinski definition) is 2. The fraction of sp³-hybridized carbons (Fsp3) is 0.750. The van der Waals surface area contributed by atoms with Crippen LogP contribution in [0.1, 0.15) is 26.7 Å². The molecule has 0 aromatic carbocycles. The highest BCUT2D eigenvalue weighted by Gasteiger charge is 2.40. The van der Waals surface area contributed by atoms with Crippen molar-refractivity contribution in [1.82, 2.24) is 10.2 Å². The summed E-state index contributed by atoms with van der Waals surface area (Å²) in [6, 6.07) is -0.963. The van der Waals surface area contributed by atoms with E-state index in [-0.39, 0.29) is 49.3 Å². The zero-order chi connectivity index (χ0) is 14.6. The van der Waals surface area contributed by atoms with Crippen LogP contribution in [0.5, 0.6) is 0 Å². The van der Waals surface area contributed by atoms with E-state index in [4.69, 9.17) is 10.5 Å². The number of carbonyl (C=O) groups excluding carboxylic acids is 3. The molecule has 3 N–H and O–H groups in total. The van der Waals surface area contributed by atoms with Crippen molar-refractivity contribution < 1.29 is 19.1 Å². The Morgan fingerprint density at radius 3 is 2.58 bits per heavy atom. The van der Waals surface area contributed by atoms with E-state index in [1.807, 2.05) is 0 Å². The maximum absolute atomic E-state index is 12.0. The van der Waals surface area contributed by atoms with Crippen LogP contribution in [0.15, 0.2) is 0 Å². The second kappa shape index (κ2) is 6.63. The topological polar surface area (TPSA) is 102 Å². The SMILES string of the molecule is COC(CN)CC(=O)NC1CC(=O)N(C(C)C)C1=O. The average Bonchev–Trinajstić information content (AvgIpc) is 2.61. The number of rotatable bonds is 6. The Kier molecular flexibility index (Phi) is 5.44. The molecule has 19 heavy (non-hydrogen) atoms. The van der Waals surface area contributed by atoms with E-state index in [9.17, 15) is 14.4 Å². The highest BCUT2D eigenvalue weighted by molar-refractivity contribution is 6.07. The number of ether oxygens (including phenoxy) is 1. The summed E-state index contributed by atoms with van der Waals surface area (Å²) < 4.78 is 4.99. The van der Waals surface area contributed by atoms with Gasteiger partial charge in [-0.25, -0.2) is 0 Å². The molecule has 0 aromatic rings. The number of nitrogens with zero attached hydrogens (tertiary/aromatic N) is 1. The minimum absolute atomic E-state index is 0.0169. The van der Waals surface area contributed by atoms with E-state index in [2.05, 4.69) is 5.32 Å². The first-order valence-electron chi connectivity index (χ1n) is 6.28. The van der Waals surface area contributed by atoms with Gasteiger partial charge in [0, 0.05) is 19.7 Å². The molecule has 1 aliphatic rings. The van der Waals surface area contributed by atoms with Crippen molar-refractivity contribution in [2.45, 2.75) is 44.9 Å². The lowest BCUT2D eigenvalue weighted by Crippen LogP contribution is -2.44. The molecule has 0 radical (unpaired) electrons. The number of carbonyl (C=O) groups is 3. The zero-order valence-electron chi connectivity index (χ0n) is 11.5. The van der Waals surface area contributed by atoms with Crippen LogP contribution in [0.3, 0.4) is 0 Å². The van der Waals surface area contributed by atoms with Gasteiger partial charge in [-0.05, 0) is 13.8 Å². The normalized spacial score (nSPS) is 21.1. The molecular formula is C12H21N3O4. The maximum atomic E-state index is 12.0. The lowest BCUT2D eigenvalue weighted by Gasteiger charge is -2.19. The summed E-state index contributed by atoms with van der Waals surface area (Å²) in [4.78, 5) is 36.5. The van der Waals surface area contributed by atoms with Crippen molar-refractivity contribution in [3.8, 4) is 0 Å². The maximum Gasteiger partial charge on any atom is 0.252 e. The monoisotopic (exact) mass is 271 g/mol. The summed E-state index contributed by atoms with van der Waals surface area (Å²) in [5, 5.41) is 2.56. The molecule has 0 saturated carbocycles. The third-order valence-corrected chi connectivity index (χ3v) is 3.04. The van der Waals surface area contributed by atoms with E-state index in [1.165, 1.54) is 12.0 Å². The van der Waals surface area contributed by atoms with Gasteiger partial charge in [-0.1, -0.05) is 0 Å². The molecule has 108 valence electrons. The summed E-state index contributed by atoms with van der Waals surface area (Å²) in [5.41, 5.74) is 5.42. The van der Waals surface area contributed by atoms with Gasteiger partial charge in [0.15, 0.2) is 0 Å². The van der Waals surface area contributed by atoms with Crippen molar-refractivity contribution in [1.29, 1.82) is 0 Å². The first-order valence-corrected chi connectivity index (χ1v) is 6.28. The molecular weight excluding hydrogens is 250 g/mol. The van der Waals surface area contributed by atoms with Gasteiger partial charge in [0.05, 0.1) is 18.9 Å². The molecule has 0 bridgehead atoms. The van der Waals surface area contributed by atoms with E-state index in [1.54, 1.807) is 13.8 Å². The van der Waals surface area contributed by atoms with Gasteiger partial charge in [0.2, 0.25) is 11.8 Å². The van der Waals surface area contributed by atoms with Gasteiger partial charge in [-0.3, -0.25) is 19.3 Å². The summed E-state index contributed by atoms with van der Waals surface area (Å²) in [6.07, 6.45) is -0.288. The molecule has 1 fully saturated rings. The van der Waals surface area contributed by atoms with Crippen LogP contribution in [0.25, 0.3) is 0 Å². The van der Waals surface area contributed by atoms with Crippen LogP contribution < -0.4 is 11.1 Å². The highest BCUT2D eigenvalue weighted by Crippen LogP contribution is 2.16. The largest absolute Gasteiger partial charge is 0.380 e. The quantitative estimate of drug-likeness (QED) is 0.603. The van der Waals surface area contributed by atoms with Gasteiger partial charge < -0.3 is 15.8 Å². The predicted octanol–water partition coefficient (Wildman–Crippen LogP) is -0.998. The van der Waals surface area contributed by atoms with Crippen LogP contribution in [-0.4, -0.2) is 54.5 Å². The first-order chi connectivity index (χ1) is 8.90. The molecule has 1 saturated heterocycles. The van der Waals surface area contributed by atoms with E-state index in [0.717, 1.165) is 0 Å². The molecule has 7 nitrogen and oxygen atoms in total. The Balaban J connectivity index is 2.57. The van der Waals surface area contributed by atoms with Gasteiger partial charge >= 0.3 is 0 Å². The van der Waals surface area contributed by atoms with Crippen molar-refractivity contribution in [2.75, 3.05) is 13.7 Å². The Morgan fingerprint density at radius 1 is 1.53 bits per heavy atom. The lowest BCUT2D eigenvalue weighted by atomic mass is 10.2. The smallest absolute Gasteiger partial charge is 0.252 e. The zero-order valence-corrected chi connectivity index (χ0v) is 11.5. The van der Waals surface area contributed by atoms with Crippen molar-refractivity contribution >= 4 is 17.7 Å². The van der Waals surface area contributed by atoms with Crippen molar-refractivity contribution in [3.05, 3.63) is 0 Å². The Labute approximate surface area is 112 Å². The number of imide groups is 1. The Hall–Kier alpha value is -1.47. The van der Waals surface area contributed by atoms with Crippen molar-refractivity contribution in [3.63, 3.8) is 0 Å². The van der Waals surface area contributed by atoms with Gasteiger partial charge in [-0.15, -0.1) is 0 Å². The minimum Gasteiger partial charge on any atom is -0.380 e. The fourth-order valence-electron chi connectivity index (χ4n) is 2.03. The Morgan fingerprint density at radius 2 is 2.16 bits per heavy atom. The molecule has 3 amide bonds. The predicted molar refractivity (Wildman–Crippen MR) is 68.0 cm³/mol. The van der Waals surface area contributed by atoms with Crippen molar-refractivity contribution in [2.24, 2.45) is 5.73 Å². The first kappa shape index (κ1) is 15.6. The Bertz CT molecular complexity index is 366. The minimum atomic E-state index is -0.766. The van der Waals surface area contributed by atoms with Gasteiger partial charge in [0.1, 0.15) is 6.04 Å².